The molecule has 1 aliphatic rings. The highest BCUT2D eigenvalue weighted by Gasteiger charge is 2.23. The SMILES string of the molecule is Cc1noc(C)c1-c1nc(CN2CCCN(C(=O)Oc3ccc(F)cc3)CC2)no1. The van der Waals surface area contributed by atoms with E-state index in [-0.39, 0.29) is 5.82 Å². The van der Waals surface area contributed by atoms with Crippen LogP contribution in [0.5, 0.6) is 5.75 Å². The molecule has 1 aliphatic heterocycles. The molecule has 1 saturated heterocycles. The summed E-state index contributed by atoms with van der Waals surface area (Å²) in [5.41, 5.74) is 1.42. The maximum absolute atomic E-state index is 13.0. The smallest absolute Gasteiger partial charge is 0.410 e. The van der Waals surface area contributed by atoms with E-state index >= 15 is 0 Å². The number of hydrogen-bond donors (Lipinski definition) is 0. The maximum atomic E-state index is 13.0. The molecular weight excluding hydrogens is 393 g/mol. The Labute approximate surface area is 172 Å². The van der Waals surface area contributed by atoms with Crippen molar-refractivity contribution in [3.8, 4) is 17.2 Å². The average molecular weight is 415 g/mol. The van der Waals surface area contributed by atoms with Crippen molar-refractivity contribution in [3.63, 3.8) is 0 Å². The molecule has 1 aromatic carbocycles. The van der Waals surface area contributed by atoms with Gasteiger partial charge in [-0.1, -0.05) is 10.3 Å². The number of carbonyl (C=O) groups excluding carboxylic acids is 1. The summed E-state index contributed by atoms with van der Waals surface area (Å²) in [5, 5.41) is 7.97. The predicted octanol–water partition coefficient (Wildman–Crippen LogP) is 3.19. The van der Waals surface area contributed by atoms with E-state index < -0.39 is 6.09 Å². The van der Waals surface area contributed by atoms with Crippen LogP contribution in [-0.4, -0.2) is 57.4 Å². The molecule has 0 N–H and O–H groups in total. The molecule has 4 rings (SSSR count). The van der Waals surface area contributed by atoms with Crippen LogP contribution in [0.2, 0.25) is 0 Å². The van der Waals surface area contributed by atoms with E-state index in [0.717, 1.165) is 18.5 Å². The van der Waals surface area contributed by atoms with Gasteiger partial charge < -0.3 is 18.7 Å². The summed E-state index contributed by atoms with van der Waals surface area (Å²) in [4.78, 5) is 20.7. The first-order valence-corrected chi connectivity index (χ1v) is 9.70. The van der Waals surface area contributed by atoms with E-state index in [0.29, 0.717) is 55.1 Å². The first kappa shape index (κ1) is 20.0. The lowest BCUT2D eigenvalue weighted by molar-refractivity contribution is 0.153. The first-order valence-electron chi connectivity index (χ1n) is 9.70. The number of amides is 1. The Kier molecular flexibility index (Phi) is 5.75. The molecule has 1 amide bonds. The zero-order valence-electron chi connectivity index (χ0n) is 16.8. The largest absolute Gasteiger partial charge is 0.415 e. The molecule has 3 aromatic rings. The highest BCUT2D eigenvalue weighted by atomic mass is 19.1. The van der Waals surface area contributed by atoms with Crippen LogP contribution in [0.3, 0.4) is 0 Å². The Morgan fingerprint density at radius 1 is 1.10 bits per heavy atom. The Bertz CT molecular complexity index is 997. The lowest BCUT2D eigenvalue weighted by atomic mass is 10.2. The van der Waals surface area contributed by atoms with Gasteiger partial charge in [0, 0.05) is 26.2 Å². The summed E-state index contributed by atoms with van der Waals surface area (Å²) in [7, 11) is 0. The molecule has 2 aromatic heterocycles. The van der Waals surface area contributed by atoms with Gasteiger partial charge in [-0.2, -0.15) is 4.98 Å². The molecule has 0 bridgehead atoms. The lowest BCUT2D eigenvalue weighted by Gasteiger charge is -2.20. The number of nitrogens with zero attached hydrogens (tertiary/aromatic N) is 5. The van der Waals surface area contributed by atoms with E-state index in [1.165, 1.54) is 24.3 Å². The fourth-order valence-corrected chi connectivity index (χ4v) is 3.39. The molecule has 0 spiro atoms. The summed E-state index contributed by atoms with van der Waals surface area (Å²) < 4.78 is 28.9. The summed E-state index contributed by atoms with van der Waals surface area (Å²) in [5.74, 6) is 1.53. The number of benzene rings is 1. The van der Waals surface area contributed by atoms with E-state index in [1.807, 2.05) is 6.92 Å². The van der Waals surface area contributed by atoms with Crippen LogP contribution in [0.4, 0.5) is 9.18 Å². The Morgan fingerprint density at radius 3 is 2.63 bits per heavy atom. The number of hydrogen-bond acceptors (Lipinski definition) is 8. The van der Waals surface area contributed by atoms with E-state index in [2.05, 4.69) is 20.2 Å². The van der Waals surface area contributed by atoms with Crippen molar-refractivity contribution in [2.24, 2.45) is 0 Å². The fraction of sp³-hybridized carbons (Fsp3) is 0.400. The van der Waals surface area contributed by atoms with Crippen molar-refractivity contribution < 1.29 is 23.0 Å². The second-order valence-corrected chi connectivity index (χ2v) is 7.15. The fourth-order valence-electron chi connectivity index (χ4n) is 3.39. The quantitative estimate of drug-likeness (QED) is 0.641. The number of aromatic nitrogens is 3. The van der Waals surface area contributed by atoms with Gasteiger partial charge >= 0.3 is 6.09 Å². The van der Waals surface area contributed by atoms with Gasteiger partial charge in [0.05, 0.1) is 12.2 Å². The molecule has 30 heavy (non-hydrogen) atoms. The van der Waals surface area contributed by atoms with Gasteiger partial charge in [0.25, 0.3) is 5.89 Å². The average Bonchev–Trinajstić information content (AvgIpc) is 3.22. The van der Waals surface area contributed by atoms with Gasteiger partial charge in [0.15, 0.2) is 5.82 Å². The van der Waals surface area contributed by atoms with Crippen molar-refractivity contribution >= 4 is 6.09 Å². The molecule has 0 atom stereocenters. The highest BCUT2D eigenvalue weighted by molar-refractivity contribution is 5.70. The van der Waals surface area contributed by atoms with Crippen LogP contribution >= 0.6 is 0 Å². The molecule has 0 saturated carbocycles. The monoisotopic (exact) mass is 415 g/mol. The number of aryl methyl sites for hydroxylation is 2. The highest BCUT2D eigenvalue weighted by Crippen LogP contribution is 2.25. The van der Waals surface area contributed by atoms with Crippen LogP contribution in [0.15, 0.2) is 33.3 Å². The van der Waals surface area contributed by atoms with Crippen molar-refractivity contribution in [3.05, 3.63) is 47.4 Å². The molecular formula is C20H22FN5O4. The topological polar surface area (TPSA) is 97.7 Å². The van der Waals surface area contributed by atoms with Crippen molar-refractivity contribution in [1.29, 1.82) is 0 Å². The van der Waals surface area contributed by atoms with Gasteiger partial charge in [-0.25, -0.2) is 9.18 Å². The molecule has 10 heteroatoms. The molecule has 9 nitrogen and oxygen atoms in total. The van der Waals surface area contributed by atoms with E-state index in [9.17, 15) is 9.18 Å². The Morgan fingerprint density at radius 2 is 1.90 bits per heavy atom. The third kappa shape index (κ3) is 4.48. The van der Waals surface area contributed by atoms with Crippen LogP contribution in [0.25, 0.3) is 11.5 Å². The lowest BCUT2D eigenvalue weighted by Crippen LogP contribution is -2.37. The molecule has 158 valence electrons. The maximum Gasteiger partial charge on any atom is 0.415 e. The summed E-state index contributed by atoms with van der Waals surface area (Å²) in [6, 6.07) is 5.39. The van der Waals surface area contributed by atoms with Gasteiger partial charge in [-0.05, 0) is 44.5 Å². The Hall–Kier alpha value is -3.27. The minimum absolute atomic E-state index is 0.321. The van der Waals surface area contributed by atoms with Gasteiger partial charge in [-0.15, -0.1) is 0 Å². The van der Waals surface area contributed by atoms with Crippen molar-refractivity contribution in [2.45, 2.75) is 26.8 Å². The zero-order valence-corrected chi connectivity index (χ0v) is 16.8. The molecule has 0 radical (unpaired) electrons. The molecule has 0 aliphatic carbocycles. The van der Waals surface area contributed by atoms with Gasteiger partial charge in [0.2, 0.25) is 0 Å². The minimum Gasteiger partial charge on any atom is -0.410 e. The third-order valence-corrected chi connectivity index (χ3v) is 4.95. The molecule has 3 heterocycles. The number of rotatable bonds is 4. The van der Waals surface area contributed by atoms with Crippen LogP contribution < -0.4 is 4.74 Å². The van der Waals surface area contributed by atoms with E-state index in [4.69, 9.17) is 13.8 Å². The predicted molar refractivity (Wildman–Crippen MR) is 103 cm³/mol. The Balaban J connectivity index is 1.33. The number of halogens is 1. The summed E-state index contributed by atoms with van der Waals surface area (Å²) in [6.07, 6.45) is 0.344. The molecule has 1 fully saturated rings. The van der Waals surface area contributed by atoms with Crippen molar-refractivity contribution in [2.75, 3.05) is 26.2 Å². The summed E-state index contributed by atoms with van der Waals surface area (Å²) >= 11 is 0. The summed E-state index contributed by atoms with van der Waals surface area (Å²) in [6.45, 7) is 6.65. The van der Waals surface area contributed by atoms with Gasteiger partial charge in [0.1, 0.15) is 22.9 Å². The second-order valence-electron chi connectivity index (χ2n) is 7.15. The van der Waals surface area contributed by atoms with Crippen LogP contribution in [-0.2, 0) is 6.54 Å². The standard InChI is InChI=1S/C20H22FN5O4/c1-13-18(14(2)29-23-13)19-22-17(24-30-19)12-25-8-3-9-26(11-10-25)20(27)28-16-6-4-15(21)5-7-16/h4-7H,3,8-12H2,1-2H3. The normalized spacial score (nSPS) is 15.2. The third-order valence-electron chi connectivity index (χ3n) is 4.95. The first-order chi connectivity index (χ1) is 14.5. The number of carbonyl (C=O) groups is 1. The zero-order chi connectivity index (χ0) is 21.1. The van der Waals surface area contributed by atoms with Crippen LogP contribution in [0.1, 0.15) is 23.7 Å². The van der Waals surface area contributed by atoms with E-state index in [1.54, 1.807) is 11.8 Å². The minimum atomic E-state index is -0.441. The molecule has 0 unspecified atom stereocenters. The van der Waals surface area contributed by atoms with Crippen molar-refractivity contribution in [1.82, 2.24) is 25.1 Å². The second kappa shape index (κ2) is 8.62. The number of ether oxygens (including phenoxy) is 1. The van der Waals surface area contributed by atoms with Gasteiger partial charge in [-0.3, -0.25) is 4.90 Å². The van der Waals surface area contributed by atoms with Crippen LogP contribution in [0, 0.1) is 19.7 Å².